The number of fused-ring (bicyclic) bond motifs is 1. The fourth-order valence-electron chi connectivity index (χ4n) is 3.58. The molecule has 0 fully saturated rings. The van der Waals surface area contributed by atoms with Gasteiger partial charge in [-0.3, -0.25) is 14.2 Å². The van der Waals surface area contributed by atoms with E-state index in [1.54, 1.807) is 30.5 Å². The van der Waals surface area contributed by atoms with E-state index in [9.17, 15) is 9.18 Å². The first kappa shape index (κ1) is 19.2. The summed E-state index contributed by atoms with van der Waals surface area (Å²) in [4.78, 5) is 20.2. The van der Waals surface area contributed by atoms with Gasteiger partial charge in [0.05, 0.1) is 22.1 Å². The summed E-state index contributed by atoms with van der Waals surface area (Å²) in [6, 6.07) is 21.5. The lowest BCUT2D eigenvalue weighted by molar-refractivity contribution is 0.112. The average molecular weight is 428 g/mol. The maximum atomic E-state index is 13.7. The lowest BCUT2D eigenvalue weighted by Gasteiger charge is -2.09. The lowest BCUT2D eigenvalue weighted by Crippen LogP contribution is -1.92. The van der Waals surface area contributed by atoms with Crippen LogP contribution < -0.4 is 0 Å². The number of hydrogen-bond donors (Lipinski definition) is 0. The van der Waals surface area contributed by atoms with Crippen LogP contribution in [0.2, 0.25) is 5.02 Å². The van der Waals surface area contributed by atoms with Crippen LogP contribution in [0.5, 0.6) is 0 Å². The zero-order chi connectivity index (χ0) is 21.4. The summed E-state index contributed by atoms with van der Waals surface area (Å²) in [6.07, 6.45) is 4.49. The molecule has 0 aliphatic carbocycles. The number of nitrogens with zero attached hydrogens (tertiary/aromatic N) is 3. The molecule has 150 valence electrons. The standard InChI is InChI=1S/C25H15ClFN3O/c26-20-13-18(8-9-21(20)27)24-25(30-12-2-1-3-23(30)29-24)19-10-11-28-22(14-19)17-6-4-16(15-31)5-7-17/h1-15H. The third-order valence-corrected chi connectivity index (χ3v) is 5.39. The van der Waals surface area contributed by atoms with E-state index >= 15 is 0 Å². The third kappa shape index (κ3) is 3.49. The molecule has 0 saturated heterocycles. The van der Waals surface area contributed by atoms with Gasteiger partial charge in [0.15, 0.2) is 0 Å². The van der Waals surface area contributed by atoms with Crippen molar-refractivity contribution in [2.75, 3.05) is 0 Å². The monoisotopic (exact) mass is 427 g/mol. The highest BCUT2D eigenvalue weighted by Gasteiger charge is 2.17. The molecule has 4 nitrogen and oxygen atoms in total. The predicted octanol–water partition coefficient (Wildman–Crippen LogP) is 6.34. The van der Waals surface area contributed by atoms with Crippen LogP contribution >= 0.6 is 11.6 Å². The van der Waals surface area contributed by atoms with Gasteiger partial charge in [-0.15, -0.1) is 0 Å². The van der Waals surface area contributed by atoms with Crippen LogP contribution in [0.1, 0.15) is 10.4 Å². The van der Waals surface area contributed by atoms with Crippen molar-refractivity contribution in [1.29, 1.82) is 0 Å². The van der Waals surface area contributed by atoms with Crippen molar-refractivity contribution in [2.45, 2.75) is 0 Å². The van der Waals surface area contributed by atoms with Gasteiger partial charge in [-0.25, -0.2) is 9.37 Å². The minimum absolute atomic E-state index is 0.0474. The van der Waals surface area contributed by atoms with E-state index in [1.807, 2.05) is 53.1 Å². The summed E-state index contributed by atoms with van der Waals surface area (Å²) in [7, 11) is 0. The number of rotatable bonds is 4. The van der Waals surface area contributed by atoms with Gasteiger partial charge < -0.3 is 0 Å². The number of aldehydes is 1. The smallest absolute Gasteiger partial charge is 0.150 e. The Morgan fingerprint density at radius 2 is 1.71 bits per heavy atom. The van der Waals surface area contributed by atoms with Crippen molar-refractivity contribution in [2.24, 2.45) is 0 Å². The number of imidazole rings is 1. The summed E-state index contributed by atoms with van der Waals surface area (Å²) in [5.74, 6) is -0.472. The van der Waals surface area contributed by atoms with E-state index < -0.39 is 5.82 Å². The van der Waals surface area contributed by atoms with E-state index in [-0.39, 0.29) is 5.02 Å². The molecular weight excluding hydrogens is 413 g/mol. The number of hydrogen-bond acceptors (Lipinski definition) is 3. The molecule has 3 heterocycles. The number of aromatic nitrogens is 3. The van der Waals surface area contributed by atoms with Crippen molar-refractivity contribution in [3.63, 3.8) is 0 Å². The Balaban J connectivity index is 1.71. The quantitative estimate of drug-likeness (QED) is 0.314. The van der Waals surface area contributed by atoms with Gasteiger partial charge in [0.25, 0.3) is 0 Å². The average Bonchev–Trinajstić information content (AvgIpc) is 3.20. The second-order valence-electron chi connectivity index (χ2n) is 7.04. The van der Waals surface area contributed by atoms with Gasteiger partial charge in [0.2, 0.25) is 0 Å². The molecule has 3 aromatic heterocycles. The number of benzene rings is 2. The summed E-state index contributed by atoms with van der Waals surface area (Å²) in [5.41, 5.74) is 6.21. The summed E-state index contributed by atoms with van der Waals surface area (Å²) in [6.45, 7) is 0. The minimum atomic E-state index is -0.472. The highest BCUT2D eigenvalue weighted by atomic mass is 35.5. The molecule has 0 unspecified atom stereocenters. The Kier molecular flexibility index (Phi) is 4.81. The van der Waals surface area contributed by atoms with Crippen molar-refractivity contribution in [1.82, 2.24) is 14.4 Å². The summed E-state index contributed by atoms with van der Waals surface area (Å²) in [5, 5.41) is 0.0474. The molecule has 0 aliphatic heterocycles. The second kappa shape index (κ2) is 7.78. The van der Waals surface area contributed by atoms with Gasteiger partial charge >= 0.3 is 0 Å². The zero-order valence-corrected chi connectivity index (χ0v) is 16.9. The molecule has 0 N–H and O–H groups in total. The zero-order valence-electron chi connectivity index (χ0n) is 16.2. The van der Waals surface area contributed by atoms with Crippen LogP contribution in [0, 0.1) is 5.82 Å². The molecule has 0 atom stereocenters. The van der Waals surface area contributed by atoms with Crippen LogP contribution in [-0.4, -0.2) is 20.7 Å². The first-order valence-corrected chi connectivity index (χ1v) is 9.96. The van der Waals surface area contributed by atoms with E-state index in [0.29, 0.717) is 11.3 Å². The van der Waals surface area contributed by atoms with Crippen molar-refractivity contribution < 1.29 is 9.18 Å². The van der Waals surface area contributed by atoms with Gasteiger partial charge in [-0.1, -0.05) is 41.9 Å². The fraction of sp³-hybridized carbons (Fsp3) is 0. The molecule has 6 heteroatoms. The Morgan fingerprint density at radius 1 is 0.903 bits per heavy atom. The van der Waals surface area contributed by atoms with Gasteiger partial charge in [0, 0.05) is 34.6 Å². The van der Waals surface area contributed by atoms with E-state index in [0.717, 1.165) is 40.0 Å². The summed E-state index contributed by atoms with van der Waals surface area (Å²) < 4.78 is 15.7. The molecule has 0 bridgehead atoms. The Labute approximate surface area is 182 Å². The topological polar surface area (TPSA) is 47.3 Å². The highest BCUT2D eigenvalue weighted by molar-refractivity contribution is 6.31. The van der Waals surface area contributed by atoms with Crippen molar-refractivity contribution in [3.05, 3.63) is 102 Å². The largest absolute Gasteiger partial charge is 0.299 e. The highest BCUT2D eigenvalue weighted by Crippen LogP contribution is 2.35. The predicted molar refractivity (Wildman–Crippen MR) is 120 cm³/mol. The third-order valence-electron chi connectivity index (χ3n) is 5.10. The van der Waals surface area contributed by atoms with Crippen molar-refractivity contribution >= 4 is 23.5 Å². The van der Waals surface area contributed by atoms with Crippen LogP contribution in [-0.2, 0) is 0 Å². The fourth-order valence-corrected chi connectivity index (χ4v) is 3.77. The second-order valence-corrected chi connectivity index (χ2v) is 7.44. The van der Waals surface area contributed by atoms with Crippen LogP contribution in [0.3, 0.4) is 0 Å². The molecule has 2 aromatic carbocycles. The van der Waals surface area contributed by atoms with Crippen LogP contribution in [0.4, 0.5) is 4.39 Å². The molecule has 0 saturated carbocycles. The SMILES string of the molecule is O=Cc1ccc(-c2cc(-c3c(-c4ccc(F)c(Cl)c4)nc4ccccn34)ccn2)cc1. The van der Waals surface area contributed by atoms with Gasteiger partial charge in [-0.2, -0.15) is 0 Å². The maximum Gasteiger partial charge on any atom is 0.150 e. The number of halogens is 2. The number of pyridine rings is 2. The van der Waals surface area contributed by atoms with E-state index in [1.165, 1.54) is 6.07 Å². The molecule has 5 aromatic rings. The van der Waals surface area contributed by atoms with Crippen molar-refractivity contribution in [3.8, 4) is 33.8 Å². The Hall–Kier alpha value is -3.83. The van der Waals surface area contributed by atoms with Crippen LogP contribution in [0.15, 0.2) is 85.2 Å². The van der Waals surface area contributed by atoms with Crippen LogP contribution in [0.25, 0.3) is 39.4 Å². The lowest BCUT2D eigenvalue weighted by atomic mass is 10.0. The first-order valence-electron chi connectivity index (χ1n) is 9.58. The normalized spacial score (nSPS) is 11.0. The Morgan fingerprint density at radius 3 is 2.48 bits per heavy atom. The molecule has 0 aliphatic rings. The van der Waals surface area contributed by atoms with Gasteiger partial charge in [-0.05, 0) is 42.5 Å². The Bertz CT molecular complexity index is 1430. The first-order chi connectivity index (χ1) is 15.1. The number of carbonyl (C=O) groups excluding carboxylic acids is 1. The molecule has 0 radical (unpaired) electrons. The minimum Gasteiger partial charge on any atom is -0.299 e. The van der Waals surface area contributed by atoms with Gasteiger partial charge in [0.1, 0.15) is 17.8 Å². The van der Waals surface area contributed by atoms with E-state index in [4.69, 9.17) is 16.6 Å². The molecule has 0 spiro atoms. The molecule has 5 rings (SSSR count). The number of carbonyl (C=O) groups is 1. The molecular formula is C25H15ClFN3O. The molecule has 0 amide bonds. The van der Waals surface area contributed by atoms with E-state index in [2.05, 4.69) is 4.98 Å². The summed E-state index contributed by atoms with van der Waals surface area (Å²) >= 11 is 6.05. The molecule has 31 heavy (non-hydrogen) atoms. The maximum absolute atomic E-state index is 13.7.